The van der Waals surface area contributed by atoms with Crippen LogP contribution in [-0.4, -0.2) is 25.2 Å². The minimum absolute atomic E-state index is 0.0174. The predicted molar refractivity (Wildman–Crippen MR) is 60.0 cm³/mol. The largest absolute Gasteiger partial charge is 0.481 e. The molecule has 0 aliphatic rings. The lowest BCUT2D eigenvalue weighted by molar-refractivity contribution is -0.140. The number of benzene rings is 1. The maximum Gasteiger partial charge on any atom is 0.307 e. The van der Waals surface area contributed by atoms with Gasteiger partial charge >= 0.3 is 5.97 Å². The van der Waals surface area contributed by atoms with Crippen molar-refractivity contribution in [1.82, 2.24) is 0 Å². The van der Waals surface area contributed by atoms with E-state index in [4.69, 9.17) is 6.48 Å². The first-order valence-electron chi connectivity index (χ1n) is 5.30. The van der Waals surface area contributed by atoms with Gasteiger partial charge in [0.2, 0.25) is 0 Å². The molecule has 0 heterocycles. The molecule has 0 saturated heterocycles. The van der Waals surface area contributed by atoms with Gasteiger partial charge in [0.05, 0.1) is 16.5 Å². The summed E-state index contributed by atoms with van der Waals surface area (Å²) in [5, 5.41) is 8.72. The number of aliphatic carboxylic acids is 1. The van der Waals surface area contributed by atoms with Crippen LogP contribution in [0.2, 0.25) is 0 Å². The molecule has 0 radical (unpaired) electrons. The zero-order valence-corrected chi connectivity index (χ0v) is 9.86. The van der Waals surface area contributed by atoms with E-state index in [2.05, 4.69) is 0 Å². The monoisotopic (exact) mass is 243 g/mol. The van der Waals surface area contributed by atoms with Gasteiger partial charge in [0.25, 0.3) is 0 Å². The van der Waals surface area contributed by atoms with Gasteiger partial charge in [-0.25, -0.2) is 8.42 Å². The van der Waals surface area contributed by atoms with Crippen LogP contribution < -0.4 is 0 Å². The standard InChI is InChI=1S/C11H14O4S/c1-8-3-5-10(6-4-8)16(14,15)7-9(2)11(12)13/h3-6,9H,7H2,1-2H3,(H,12,13)/i7D. The molecule has 0 aliphatic carbocycles. The quantitative estimate of drug-likeness (QED) is 0.869. The lowest BCUT2D eigenvalue weighted by Gasteiger charge is -2.07. The minimum atomic E-state index is -3.91. The van der Waals surface area contributed by atoms with Crippen LogP contribution in [0.1, 0.15) is 13.9 Å². The zero-order valence-electron chi connectivity index (χ0n) is 10.0. The van der Waals surface area contributed by atoms with E-state index in [0.717, 1.165) is 5.56 Å². The minimum Gasteiger partial charge on any atom is -0.481 e. The smallest absolute Gasteiger partial charge is 0.307 e. The van der Waals surface area contributed by atoms with Gasteiger partial charge in [-0.2, -0.15) is 0 Å². The lowest BCUT2D eigenvalue weighted by Crippen LogP contribution is -2.21. The number of sulfone groups is 1. The first kappa shape index (κ1) is 11.1. The fourth-order valence-electron chi connectivity index (χ4n) is 1.13. The van der Waals surface area contributed by atoms with Crippen LogP contribution in [0.25, 0.3) is 0 Å². The number of aryl methyl sites for hydroxylation is 1. The summed E-state index contributed by atoms with van der Waals surface area (Å²) in [6, 6.07) is 6.01. The van der Waals surface area contributed by atoms with Crippen molar-refractivity contribution in [2.24, 2.45) is 5.92 Å². The normalized spacial score (nSPS) is 16.2. The topological polar surface area (TPSA) is 71.4 Å². The van der Waals surface area contributed by atoms with Gasteiger partial charge in [-0.05, 0) is 19.1 Å². The summed E-state index contributed by atoms with van der Waals surface area (Å²) in [4.78, 5) is 10.7. The third-order valence-corrected chi connectivity index (χ3v) is 3.82. The molecule has 1 rings (SSSR count). The van der Waals surface area contributed by atoms with Crippen molar-refractivity contribution in [3.05, 3.63) is 29.8 Å². The van der Waals surface area contributed by atoms with E-state index in [1.165, 1.54) is 19.1 Å². The summed E-state index contributed by atoms with van der Waals surface area (Å²) in [5.74, 6) is -2.55. The van der Waals surface area contributed by atoms with Crippen molar-refractivity contribution in [2.75, 3.05) is 5.73 Å². The number of carbonyl (C=O) groups is 1. The fraction of sp³-hybridized carbons (Fsp3) is 0.364. The summed E-state index contributed by atoms with van der Waals surface area (Å²) < 4.78 is 31.4. The molecule has 1 aromatic carbocycles. The van der Waals surface area contributed by atoms with E-state index in [-0.39, 0.29) is 4.90 Å². The Morgan fingerprint density at radius 1 is 1.44 bits per heavy atom. The molecule has 5 heteroatoms. The summed E-state index contributed by atoms with van der Waals surface area (Å²) in [7, 11) is -3.91. The average molecular weight is 243 g/mol. The van der Waals surface area contributed by atoms with E-state index in [1.54, 1.807) is 12.1 Å². The van der Waals surface area contributed by atoms with Gasteiger partial charge in [-0.3, -0.25) is 4.79 Å². The highest BCUT2D eigenvalue weighted by Gasteiger charge is 2.22. The number of carboxylic acids is 1. The van der Waals surface area contributed by atoms with E-state index in [9.17, 15) is 13.2 Å². The summed E-state index contributed by atoms with van der Waals surface area (Å²) in [6.45, 7) is 3.03. The maximum absolute atomic E-state index is 11.9. The second-order valence-corrected chi connectivity index (χ2v) is 5.45. The van der Waals surface area contributed by atoms with Crippen molar-refractivity contribution >= 4 is 15.8 Å². The average Bonchev–Trinajstić information content (AvgIpc) is 2.27. The van der Waals surface area contributed by atoms with Crippen molar-refractivity contribution in [3.8, 4) is 0 Å². The van der Waals surface area contributed by atoms with E-state index in [0.29, 0.717) is 0 Å². The molecule has 0 spiro atoms. The number of hydrogen-bond acceptors (Lipinski definition) is 3. The van der Waals surface area contributed by atoms with Crippen LogP contribution in [0, 0.1) is 12.8 Å². The third kappa shape index (κ3) is 3.06. The summed E-state index contributed by atoms with van der Waals surface area (Å²) in [5.41, 5.74) is -0.792. The molecule has 0 aromatic heterocycles. The van der Waals surface area contributed by atoms with Crippen LogP contribution in [0.4, 0.5) is 0 Å². The number of carboxylic acid groups (broad SMARTS) is 1. The van der Waals surface area contributed by atoms with Crippen molar-refractivity contribution < 1.29 is 19.7 Å². The molecule has 2 atom stereocenters. The second-order valence-electron chi connectivity index (χ2n) is 3.62. The van der Waals surface area contributed by atoms with Gasteiger partial charge in [-0.15, -0.1) is 0 Å². The van der Waals surface area contributed by atoms with Crippen LogP contribution >= 0.6 is 0 Å². The molecule has 0 saturated carbocycles. The Morgan fingerprint density at radius 2 is 1.94 bits per heavy atom. The molecule has 88 valence electrons. The highest BCUT2D eigenvalue weighted by atomic mass is 32.2. The Kier molecular flexibility index (Phi) is 3.24. The number of rotatable bonds is 4. The Balaban J connectivity index is 3.11. The molecular formula is C11H14O4S. The van der Waals surface area contributed by atoms with Crippen LogP contribution in [-0.2, 0) is 14.6 Å². The molecule has 0 amide bonds. The van der Waals surface area contributed by atoms with Gasteiger partial charge in [-0.1, -0.05) is 24.6 Å². The number of hydrogen-bond donors (Lipinski definition) is 1. The van der Waals surface area contributed by atoms with Gasteiger partial charge in [0, 0.05) is 1.37 Å². The Hall–Kier alpha value is -1.36. The van der Waals surface area contributed by atoms with Gasteiger partial charge < -0.3 is 5.11 Å². The predicted octanol–water partition coefficient (Wildman–Crippen LogP) is 1.49. The van der Waals surface area contributed by atoms with E-state index < -0.39 is 27.5 Å². The summed E-state index contributed by atoms with van der Waals surface area (Å²) >= 11 is 0. The van der Waals surface area contributed by atoms with Crippen molar-refractivity contribution in [3.63, 3.8) is 0 Å². The van der Waals surface area contributed by atoms with Gasteiger partial charge in [0.15, 0.2) is 9.84 Å². The molecule has 0 aliphatic heterocycles. The third-order valence-electron chi connectivity index (χ3n) is 2.12. The SMILES string of the molecule is [2H]C(C(C)C(=O)O)S(=O)(=O)c1ccc(C)cc1. The lowest BCUT2D eigenvalue weighted by atomic mass is 10.2. The molecule has 1 aromatic rings. The first-order chi connectivity index (χ1) is 7.76. The zero-order chi connectivity index (χ0) is 13.2. The van der Waals surface area contributed by atoms with Crippen LogP contribution in [0.5, 0.6) is 0 Å². The maximum atomic E-state index is 11.9. The highest BCUT2D eigenvalue weighted by molar-refractivity contribution is 7.91. The second kappa shape index (κ2) is 4.65. The molecule has 2 unspecified atom stereocenters. The fourth-order valence-corrected chi connectivity index (χ4v) is 2.46. The first-order valence-corrected chi connectivity index (χ1v) is 6.27. The Morgan fingerprint density at radius 3 is 2.38 bits per heavy atom. The summed E-state index contributed by atoms with van der Waals surface area (Å²) in [6.07, 6.45) is 0. The molecule has 1 N–H and O–H groups in total. The molecule has 4 nitrogen and oxygen atoms in total. The molecule has 16 heavy (non-hydrogen) atoms. The Bertz CT molecular complexity index is 507. The van der Waals surface area contributed by atoms with E-state index >= 15 is 0 Å². The van der Waals surface area contributed by atoms with Crippen molar-refractivity contribution in [1.29, 1.82) is 0 Å². The van der Waals surface area contributed by atoms with E-state index in [1.807, 2.05) is 6.92 Å². The highest BCUT2D eigenvalue weighted by Crippen LogP contribution is 2.15. The molecule has 0 bridgehead atoms. The van der Waals surface area contributed by atoms with Crippen LogP contribution in [0.15, 0.2) is 29.2 Å². The molecule has 0 fully saturated rings. The Labute approximate surface area is 96.2 Å². The van der Waals surface area contributed by atoms with Gasteiger partial charge in [0.1, 0.15) is 0 Å². The molecular weight excluding hydrogens is 228 g/mol. The van der Waals surface area contributed by atoms with Crippen LogP contribution in [0.3, 0.4) is 0 Å². The van der Waals surface area contributed by atoms with Crippen molar-refractivity contribution in [2.45, 2.75) is 18.7 Å².